The van der Waals surface area contributed by atoms with Gasteiger partial charge in [-0.2, -0.15) is 0 Å². The Kier molecular flexibility index (Phi) is 5.16. The zero-order valence-corrected chi connectivity index (χ0v) is 13.7. The Morgan fingerprint density at radius 3 is 2.61 bits per heavy atom. The predicted molar refractivity (Wildman–Crippen MR) is 90.0 cm³/mol. The van der Waals surface area contributed by atoms with Gasteiger partial charge < -0.3 is 10.6 Å². The number of nitrogens with one attached hydrogen (secondary N) is 2. The maximum atomic E-state index is 13.6. The van der Waals surface area contributed by atoms with Gasteiger partial charge in [0.25, 0.3) is 0 Å². The van der Waals surface area contributed by atoms with Crippen LogP contribution in [0.2, 0.25) is 0 Å². The molecule has 1 aromatic rings. The molecule has 1 aromatic carbocycles. The fourth-order valence-electron chi connectivity index (χ4n) is 4.13. The van der Waals surface area contributed by atoms with Gasteiger partial charge in [0.1, 0.15) is 5.82 Å². The molecule has 126 valence electrons. The molecule has 0 aromatic heterocycles. The summed E-state index contributed by atoms with van der Waals surface area (Å²) in [5.41, 5.74) is 0.230. The summed E-state index contributed by atoms with van der Waals surface area (Å²) < 4.78 is 13.6. The number of nitrogens with zero attached hydrogens (tertiary/aromatic N) is 1. The van der Waals surface area contributed by atoms with Crippen molar-refractivity contribution in [2.24, 2.45) is 0 Å². The van der Waals surface area contributed by atoms with Crippen LogP contribution in [0.15, 0.2) is 24.3 Å². The quantitative estimate of drug-likeness (QED) is 0.888. The van der Waals surface area contributed by atoms with Crippen LogP contribution >= 0.6 is 0 Å². The summed E-state index contributed by atoms with van der Waals surface area (Å²) in [5, 5.41) is 5.66. The average Bonchev–Trinajstić information content (AvgIpc) is 2.50. The number of urea groups is 1. The molecule has 2 N–H and O–H groups in total. The Hall–Kier alpha value is -1.62. The van der Waals surface area contributed by atoms with Crippen LogP contribution < -0.4 is 10.6 Å². The molecule has 0 aliphatic carbocycles. The zero-order chi connectivity index (χ0) is 16.2. The molecular formula is C18H26FN3O. The van der Waals surface area contributed by atoms with Gasteiger partial charge in [0.05, 0.1) is 5.69 Å². The van der Waals surface area contributed by atoms with Gasteiger partial charge in [-0.05, 0) is 50.8 Å². The van der Waals surface area contributed by atoms with E-state index in [-0.39, 0.29) is 17.8 Å². The number of halogens is 1. The van der Waals surface area contributed by atoms with Crippen molar-refractivity contribution in [1.29, 1.82) is 0 Å². The molecule has 2 unspecified atom stereocenters. The SMILES string of the molecule is CCCN1C2CCCC1CC(NC(=O)Nc1ccccc1F)C2. The number of fused-ring (bicyclic) bond motifs is 2. The van der Waals surface area contributed by atoms with Crippen molar-refractivity contribution in [3.05, 3.63) is 30.1 Å². The van der Waals surface area contributed by atoms with Crippen molar-refractivity contribution >= 4 is 11.7 Å². The third-order valence-corrected chi connectivity index (χ3v) is 5.06. The molecule has 23 heavy (non-hydrogen) atoms. The summed E-state index contributed by atoms with van der Waals surface area (Å²) >= 11 is 0. The Labute approximate surface area is 137 Å². The molecule has 0 saturated carbocycles. The lowest BCUT2D eigenvalue weighted by Gasteiger charge is -2.49. The highest BCUT2D eigenvalue weighted by atomic mass is 19.1. The Bertz CT molecular complexity index is 537. The third-order valence-electron chi connectivity index (χ3n) is 5.06. The molecule has 2 aliphatic rings. The van der Waals surface area contributed by atoms with E-state index in [0.717, 1.165) is 19.4 Å². The first-order valence-electron chi connectivity index (χ1n) is 8.75. The Morgan fingerprint density at radius 2 is 1.96 bits per heavy atom. The molecule has 2 saturated heterocycles. The smallest absolute Gasteiger partial charge is 0.319 e. The minimum Gasteiger partial charge on any atom is -0.335 e. The normalized spacial score (nSPS) is 27.5. The van der Waals surface area contributed by atoms with Crippen LogP contribution in [0, 0.1) is 5.82 Å². The van der Waals surface area contributed by atoms with Crippen molar-refractivity contribution < 1.29 is 9.18 Å². The van der Waals surface area contributed by atoms with E-state index in [1.807, 2.05) is 0 Å². The molecule has 4 nitrogen and oxygen atoms in total. The van der Waals surface area contributed by atoms with E-state index in [1.165, 1.54) is 31.7 Å². The van der Waals surface area contributed by atoms with E-state index >= 15 is 0 Å². The third kappa shape index (κ3) is 3.83. The number of carbonyl (C=O) groups is 1. The zero-order valence-electron chi connectivity index (χ0n) is 13.7. The lowest BCUT2D eigenvalue weighted by atomic mass is 9.81. The lowest BCUT2D eigenvalue weighted by Crippen LogP contribution is -2.57. The molecule has 2 heterocycles. The summed E-state index contributed by atoms with van der Waals surface area (Å²) in [4.78, 5) is 14.8. The first-order valence-corrected chi connectivity index (χ1v) is 8.75. The molecule has 2 amide bonds. The molecule has 3 rings (SSSR count). The topological polar surface area (TPSA) is 44.4 Å². The van der Waals surface area contributed by atoms with Gasteiger partial charge in [0.15, 0.2) is 0 Å². The van der Waals surface area contributed by atoms with Crippen LogP contribution in [-0.2, 0) is 0 Å². The first kappa shape index (κ1) is 16.2. The molecule has 5 heteroatoms. The summed E-state index contributed by atoms with van der Waals surface area (Å²) in [6.45, 7) is 3.38. The molecule has 2 atom stereocenters. The van der Waals surface area contributed by atoms with Crippen molar-refractivity contribution in [2.75, 3.05) is 11.9 Å². The summed E-state index contributed by atoms with van der Waals surface area (Å²) in [6, 6.07) is 7.31. The van der Waals surface area contributed by atoms with Gasteiger partial charge in [0, 0.05) is 18.1 Å². The predicted octanol–water partition coefficient (Wildman–Crippen LogP) is 3.74. The lowest BCUT2D eigenvalue weighted by molar-refractivity contribution is 0.0272. The fourth-order valence-corrected chi connectivity index (χ4v) is 4.13. The average molecular weight is 319 g/mol. The van der Waals surface area contributed by atoms with Gasteiger partial charge in [0.2, 0.25) is 0 Å². The molecule has 0 radical (unpaired) electrons. The molecule has 0 spiro atoms. The van der Waals surface area contributed by atoms with Crippen LogP contribution in [0.1, 0.15) is 45.4 Å². The maximum absolute atomic E-state index is 13.6. The second kappa shape index (κ2) is 7.30. The van der Waals surface area contributed by atoms with Crippen molar-refractivity contribution in [3.63, 3.8) is 0 Å². The number of hydrogen-bond donors (Lipinski definition) is 2. The van der Waals surface area contributed by atoms with Crippen LogP contribution in [0.5, 0.6) is 0 Å². The van der Waals surface area contributed by atoms with Gasteiger partial charge in [-0.15, -0.1) is 0 Å². The second-order valence-electron chi connectivity index (χ2n) is 6.72. The number of amides is 2. The summed E-state index contributed by atoms with van der Waals surface area (Å²) in [5.74, 6) is -0.405. The first-order chi connectivity index (χ1) is 11.2. The van der Waals surface area contributed by atoms with E-state index in [4.69, 9.17) is 0 Å². The van der Waals surface area contributed by atoms with Crippen LogP contribution in [0.25, 0.3) is 0 Å². The van der Waals surface area contributed by atoms with E-state index in [2.05, 4.69) is 22.5 Å². The molecular weight excluding hydrogens is 293 g/mol. The Morgan fingerprint density at radius 1 is 1.26 bits per heavy atom. The Balaban J connectivity index is 1.57. The van der Waals surface area contributed by atoms with E-state index in [9.17, 15) is 9.18 Å². The number of piperidine rings is 2. The summed E-state index contributed by atoms with van der Waals surface area (Å²) in [7, 11) is 0. The standard InChI is InChI=1S/C18H26FN3O/c1-2-10-22-14-6-5-7-15(22)12-13(11-14)20-18(23)21-17-9-4-3-8-16(17)19/h3-4,8-9,13-15H,2,5-7,10-12H2,1H3,(H2,20,21,23). The van der Waals surface area contributed by atoms with Crippen molar-refractivity contribution in [3.8, 4) is 0 Å². The number of rotatable bonds is 4. The number of para-hydroxylation sites is 1. The van der Waals surface area contributed by atoms with Crippen molar-refractivity contribution in [2.45, 2.75) is 63.6 Å². The minimum absolute atomic E-state index is 0.185. The molecule has 2 fully saturated rings. The maximum Gasteiger partial charge on any atom is 0.319 e. The second-order valence-corrected chi connectivity index (χ2v) is 6.72. The van der Waals surface area contributed by atoms with Crippen LogP contribution in [0.4, 0.5) is 14.9 Å². The minimum atomic E-state index is -0.405. The van der Waals surface area contributed by atoms with Crippen LogP contribution in [-0.4, -0.2) is 35.6 Å². The van der Waals surface area contributed by atoms with Crippen LogP contribution in [0.3, 0.4) is 0 Å². The van der Waals surface area contributed by atoms with E-state index < -0.39 is 5.82 Å². The highest BCUT2D eigenvalue weighted by molar-refractivity contribution is 5.89. The number of hydrogen-bond acceptors (Lipinski definition) is 2. The number of anilines is 1. The van der Waals surface area contributed by atoms with E-state index in [0.29, 0.717) is 12.1 Å². The van der Waals surface area contributed by atoms with E-state index in [1.54, 1.807) is 18.2 Å². The monoisotopic (exact) mass is 319 g/mol. The van der Waals surface area contributed by atoms with Crippen molar-refractivity contribution in [1.82, 2.24) is 10.2 Å². The van der Waals surface area contributed by atoms with Gasteiger partial charge >= 0.3 is 6.03 Å². The highest BCUT2D eigenvalue weighted by Crippen LogP contribution is 2.34. The van der Waals surface area contributed by atoms with Gasteiger partial charge in [-0.25, -0.2) is 9.18 Å². The summed E-state index contributed by atoms with van der Waals surface area (Å²) in [6.07, 6.45) is 6.93. The van der Waals surface area contributed by atoms with Gasteiger partial charge in [-0.1, -0.05) is 25.5 Å². The largest absolute Gasteiger partial charge is 0.335 e. The highest BCUT2D eigenvalue weighted by Gasteiger charge is 2.38. The van der Waals surface area contributed by atoms with Gasteiger partial charge in [-0.3, -0.25) is 4.90 Å². The number of carbonyl (C=O) groups excluding carboxylic acids is 1. The molecule has 2 aliphatic heterocycles. The fraction of sp³-hybridized carbons (Fsp3) is 0.611. The number of benzene rings is 1. The molecule has 2 bridgehead atoms.